The molecular weight excluding hydrogens is 216 g/mol. The highest BCUT2D eigenvalue weighted by Gasteiger charge is 2.37. The lowest BCUT2D eigenvalue weighted by atomic mass is 9.75. The second-order valence-electron chi connectivity index (χ2n) is 5.05. The summed E-state index contributed by atoms with van der Waals surface area (Å²) < 4.78 is 0. The Morgan fingerprint density at radius 2 is 2.06 bits per heavy atom. The summed E-state index contributed by atoms with van der Waals surface area (Å²) in [5, 5.41) is 10.7. The van der Waals surface area contributed by atoms with Crippen LogP contribution in [0, 0.1) is 0 Å². The van der Waals surface area contributed by atoms with Crippen molar-refractivity contribution in [2.45, 2.75) is 37.2 Å². The van der Waals surface area contributed by atoms with Crippen molar-refractivity contribution in [3.05, 3.63) is 35.4 Å². The van der Waals surface area contributed by atoms with Gasteiger partial charge in [0, 0.05) is 5.75 Å². The van der Waals surface area contributed by atoms with Crippen LogP contribution in [-0.4, -0.2) is 16.6 Å². The zero-order valence-corrected chi connectivity index (χ0v) is 10.3. The van der Waals surface area contributed by atoms with Crippen LogP contribution in [0.4, 0.5) is 0 Å². The van der Waals surface area contributed by atoms with Crippen LogP contribution in [0.1, 0.15) is 42.7 Å². The lowest BCUT2D eigenvalue weighted by molar-refractivity contribution is 0.0639. The average molecular weight is 234 g/mol. The minimum Gasteiger partial charge on any atom is -0.384 e. The molecule has 1 aliphatic carbocycles. The van der Waals surface area contributed by atoms with Crippen molar-refractivity contribution in [3.63, 3.8) is 0 Å². The SMILES string of the molecule is OC1(c2ccccc2C2CCC2)CCSC1. The van der Waals surface area contributed by atoms with Crippen molar-refractivity contribution < 1.29 is 5.11 Å². The Bertz CT molecular complexity index is 378. The molecule has 1 saturated carbocycles. The summed E-state index contributed by atoms with van der Waals surface area (Å²) in [6.45, 7) is 0. The van der Waals surface area contributed by atoms with Gasteiger partial charge in [-0.15, -0.1) is 0 Å². The fraction of sp³-hybridized carbons (Fsp3) is 0.571. The molecule has 1 N–H and O–H groups in total. The summed E-state index contributed by atoms with van der Waals surface area (Å²) in [5.74, 6) is 2.68. The van der Waals surface area contributed by atoms with Crippen LogP contribution in [-0.2, 0) is 5.60 Å². The van der Waals surface area contributed by atoms with E-state index in [1.54, 1.807) is 0 Å². The van der Waals surface area contributed by atoms with E-state index in [2.05, 4.69) is 24.3 Å². The number of rotatable bonds is 2. The lowest BCUT2D eigenvalue weighted by Crippen LogP contribution is -2.28. The van der Waals surface area contributed by atoms with Crippen molar-refractivity contribution in [2.75, 3.05) is 11.5 Å². The molecule has 1 aliphatic heterocycles. The second-order valence-corrected chi connectivity index (χ2v) is 6.15. The molecule has 1 unspecified atom stereocenters. The summed E-state index contributed by atoms with van der Waals surface area (Å²) in [6.07, 6.45) is 4.88. The quantitative estimate of drug-likeness (QED) is 0.847. The Hall–Kier alpha value is -0.470. The predicted molar refractivity (Wildman–Crippen MR) is 68.9 cm³/mol. The Kier molecular flexibility index (Phi) is 2.72. The molecule has 3 rings (SSSR count). The maximum Gasteiger partial charge on any atom is 0.0997 e. The molecule has 1 saturated heterocycles. The zero-order valence-electron chi connectivity index (χ0n) is 9.48. The molecule has 2 heteroatoms. The van der Waals surface area contributed by atoms with E-state index in [9.17, 15) is 5.11 Å². The number of benzene rings is 1. The van der Waals surface area contributed by atoms with E-state index in [0.717, 1.165) is 17.9 Å². The average Bonchev–Trinajstić information content (AvgIpc) is 2.65. The smallest absolute Gasteiger partial charge is 0.0997 e. The largest absolute Gasteiger partial charge is 0.384 e. The fourth-order valence-corrected chi connectivity index (χ4v) is 4.03. The van der Waals surface area contributed by atoms with Crippen molar-refractivity contribution in [1.82, 2.24) is 0 Å². The van der Waals surface area contributed by atoms with Gasteiger partial charge in [0.25, 0.3) is 0 Å². The first-order chi connectivity index (χ1) is 7.80. The van der Waals surface area contributed by atoms with E-state index in [1.165, 1.54) is 30.4 Å². The molecule has 0 radical (unpaired) electrons. The highest BCUT2D eigenvalue weighted by atomic mass is 32.2. The molecule has 0 aromatic heterocycles. The van der Waals surface area contributed by atoms with E-state index in [1.807, 2.05) is 11.8 Å². The van der Waals surface area contributed by atoms with Crippen LogP contribution in [0.15, 0.2) is 24.3 Å². The Morgan fingerprint density at radius 3 is 2.69 bits per heavy atom. The minimum absolute atomic E-state index is 0.545. The maximum atomic E-state index is 10.7. The first-order valence-corrected chi connectivity index (χ1v) is 7.35. The molecule has 2 aliphatic rings. The predicted octanol–water partition coefficient (Wildman–Crippen LogP) is 3.28. The molecule has 2 fully saturated rings. The third kappa shape index (κ3) is 1.68. The monoisotopic (exact) mass is 234 g/mol. The van der Waals surface area contributed by atoms with Gasteiger partial charge in [0.05, 0.1) is 5.60 Å². The maximum absolute atomic E-state index is 10.7. The second kappa shape index (κ2) is 4.08. The van der Waals surface area contributed by atoms with Gasteiger partial charge in [0.2, 0.25) is 0 Å². The van der Waals surface area contributed by atoms with Crippen LogP contribution in [0.2, 0.25) is 0 Å². The van der Waals surface area contributed by atoms with Crippen LogP contribution in [0.25, 0.3) is 0 Å². The molecule has 1 heterocycles. The van der Waals surface area contributed by atoms with Gasteiger partial charge < -0.3 is 5.11 Å². The molecule has 0 bridgehead atoms. The van der Waals surface area contributed by atoms with E-state index < -0.39 is 5.60 Å². The van der Waals surface area contributed by atoms with E-state index in [0.29, 0.717) is 5.92 Å². The minimum atomic E-state index is -0.545. The van der Waals surface area contributed by atoms with Gasteiger partial charge >= 0.3 is 0 Å². The summed E-state index contributed by atoms with van der Waals surface area (Å²) >= 11 is 1.87. The lowest BCUT2D eigenvalue weighted by Gasteiger charge is -2.32. The van der Waals surface area contributed by atoms with Crippen LogP contribution in [0.3, 0.4) is 0 Å². The molecule has 86 valence electrons. The highest BCUT2D eigenvalue weighted by molar-refractivity contribution is 7.99. The number of aliphatic hydroxyl groups is 1. The molecule has 0 amide bonds. The van der Waals surface area contributed by atoms with Crippen LogP contribution in [0.5, 0.6) is 0 Å². The normalized spacial score (nSPS) is 30.3. The molecule has 1 nitrogen and oxygen atoms in total. The van der Waals surface area contributed by atoms with Crippen molar-refractivity contribution in [3.8, 4) is 0 Å². The number of thioether (sulfide) groups is 1. The van der Waals surface area contributed by atoms with Gasteiger partial charge in [0.15, 0.2) is 0 Å². The van der Waals surface area contributed by atoms with Crippen LogP contribution >= 0.6 is 11.8 Å². The van der Waals surface area contributed by atoms with E-state index >= 15 is 0 Å². The van der Waals surface area contributed by atoms with Gasteiger partial charge in [-0.1, -0.05) is 30.7 Å². The molecular formula is C14H18OS. The first-order valence-electron chi connectivity index (χ1n) is 6.19. The van der Waals surface area contributed by atoms with Crippen molar-refractivity contribution >= 4 is 11.8 Å². The summed E-state index contributed by atoms with van der Waals surface area (Å²) in [6, 6.07) is 8.54. The molecule has 1 aromatic carbocycles. The third-order valence-electron chi connectivity index (χ3n) is 4.01. The molecule has 16 heavy (non-hydrogen) atoms. The van der Waals surface area contributed by atoms with E-state index in [-0.39, 0.29) is 0 Å². The molecule has 0 spiro atoms. The topological polar surface area (TPSA) is 20.2 Å². The van der Waals surface area contributed by atoms with Gasteiger partial charge in [-0.3, -0.25) is 0 Å². The molecule has 1 aromatic rings. The third-order valence-corrected chi connectivity index (χ3v) is 5.18. The standard InChI is InChI=1S/C14H18OS/c15-14(8-9-16-10-14)13-7-2-1-6-12(13)11-4-3-5-11/h1-2,6-7,11,15H,3-5,8-10H2. The first kappa shape index (κ1) is 10.7. The van der Waals surface area contributed by atoms with Crippen LogP contribution < -0.4 is 0 Å². The summed E-state index contributed by atoms with van der Waals surface area (Å²) in [7, 11) is 0. The number of hydrogen-bond acceptors (Lipinski definition) is 2. The zero-order chi connectivity index (χ0) is 11.0. The Balaban J connectivity index is 1.98. The Labute approximate surface area is 101 Å². The van der Waals surface area contributed by atoms with Gasteiger partial charge in [-0.2, -0.15) is 11.8 Å². The molecule has 1 atom stereocenters. The van der Waals surface area contributed by atoms with Gasteiger partial charge in [0.1, 0.15) is 0 Å². The summed E-state index contributed by atoms with van der Waals surface area (Å²) in [4.78, 5) is 0. The van der Waals surface area contributed by atoms with Gasteiger partial charge in [-0.25, -0.2) is 0 Å². The Morgan fingerprint density at radius 1 is 1.25 bits per heavy atom. The number of hydrogen-bond donors (Lipinski definition) is 1. The highest BCUT2D eigenvalue weighted by Crippen LogP contribution is 2.44. The summed E-state index contributed by atoms with van der Waals surface area (Å²) in [5.41, 5.74) is 2.08. The fourth-order valence-electron chi connectivity index (χ4n) is 2.76. The van der Waals surface area contributed by atoms with E-state index in [4.69, 9.17) is 0 Å². The van der Waals surface area contributed by atoms with Gasteiger partial charge in [-0.05, 0) is 42.1 Å². The van der Waals surface area contributed by atoms with Crippen molar-refractivity contribution in [2.24, 2.45) is 0 Å². The van der Waals surface area contributed by atoms with Crippen molar-refractivity contribution in [1.29, 1.82) is 0 Å².